The van der Waals surface area contributed by atoms with Gasteiger partial charge in [0.2, 0.25) is 0 Å². The van der Waals surface area contributed by atoms with Gasteiger partial charge in [-0.25, -0.2) is 0 Å². The zero-order valence-corrected chi connectivity index (χ0v) is 8.52. The van der Waals surface area contributed by atoms with Gasteiger partial charge in [0.15, 0.2) is 0 Å². The molecule has 0 aromatic rings. The van der Waals surface area contributed by atoms with E-state index in [9.17, 15) is 4.79 Å². The number of ether oxygens (including phenoxy) is 1. The summed E-state index contributed by atoms with van der Waals surface area (Å²) in [5.74, 6) is 0.326. The van der Waals surface area contributed by atoms with E-state index < -0.39 is 0 Å². The van der Waals surface area contributed by atoms with Crippen LogP contribution < -0.4 is 0 Å². The van der Waals surface area contributed by atoms with Crippen molar-refractivity contribution in [3.05, 3.63) is 11.6 Å². The quantitative estimate of drug-likeness (QED) is 0.533. The Balaban J connectivity index is 2.41. The molecule has 1 unspecified atom stereocenters. The second kappa shape index (κ2) is 2.44. The molecule has 2 rings (SSSR count). The van der Waals surface area contributed by atoms with Crippen molar-refractivity contribution in [3.63, 3.8) is 0 Å². The Morgan fingerprint density at radius 1 is 1.31 bits per heavy atom. The van der Waals surface area contributed by atoms with Crippen molar-refractivity contribution < 1.29 is 9.53 Å². The summed E-state index contributed by atoms with van der Waals surface area (Å²) >= 11 is 0. The van der Waals surface area contributed by atoms with Gasteiger partial charge in [0.1, 0.15) is 5.78 Å². The smallest absolute Gasteiger partial charge is 0.136 e. The van der Waals surface area contributed by atoms with Gasteiger partial charge in [-0.15, -0.1) is 0 Å². The highest BCUT2D eigenvalue weighted by atomic mass is 16.5. The molecule has 0 amide bonds. The molecule has 13 heavy (non-hydrogen) atoms. The van der Waals surface area contributed by atoms with Crippen LogP contribution in [0.25, 0.3) is 0 Å². The van der Waals surface area contributed by atoms with Crippen LogP contribution in [-0.2, 0) is 9.53 Å². The summed E-state index contributed by atoms with van der Waals surface area (Å²) in [6, 6.07) is 0. The molecule has 0 radical (unpaired) electrons. The van der Waals surface area contributed by atoms with Gasteiger partial charge in [0.05, 0.1) is 12.2 Å². The van der Waals surface area contributed by atoms with Crippen LogP contribution in [0.5, 0.6) is 0 Å². The highest BCUT2D eigenvalue weighted by Gasteiger charge is 2.47. The van der Waals surface area contributed by atoms with Crippen LogP contribution >= 0.6 is 0 Å². The number of ketones is 1. The summed E-state index contributed by atoms with van der Waals surface area (Å²) in [6.45, 7) is 6.96. The van der Waals surface area contributed by atoms with E-state index in [1.807, 2.05) is 6.92 Å². The van der Waals surface area contributed by atoms with Crippen molar-refractivity contribution in [1.82, 2.24) is 0 Å². The van der Waals surface area contributed by atoms with Crippen LogP contribution in [0.1, 0.15) is 33.6 Å². The van der Waals surface area contributed by atoms with E-state index in [-0.39, 0.29) is 11.0 Å². The summed E-state index contributed by atoms with van der Waals surface area (Å²) in [7, 11) is 0. The number of carbonyl (C=O) groups is 1. The van der Waals surface area contributed by atoms with Crippen molar-refractivity contribution >= 4 is 5.78 Å². The van der Waals surface area contributed by atoms with Gasteiger partial charge in [-0.2, -0.15) is 0 Å². The number of hydrogen-bond donors (Lipinski definition) is 0. The second-order valence-electron chi connectivity index (χ2n) is 4.94. The molecule has 0 aromatic carbocycles. The molecular formula is C11H16O2. The van der Waals surface area contributed by atoms with Crippen LogP contribution in [0.2, 0.25) is 0 Å². The Labute approximate surface area is 79.0 Å². The molecule has 0 spiro atoms. The third-order valence-corrected chi connectivity index (χ3v) is 3.16. The SMILES string of the molecule is CC1(C)CC(=O)CC2(C)OCC=C12. The maximum absolute atomic E-state index is 11.5. The molecule has 1 fully saturated rings. The van der Waals surface area contributed by atoms with Crippen molar-refractivity contribution in [2.24, 2.45) is 5.41 Å². The molecule has 1 heterocycles. The highest BCUT2D eigenvalue weighted by molar-refractivity contribution is 5.83. The topological polar surface area (TPSA) is 26.3 Å². The van der Waals surface area contributed by atoms with Gasteiger partial charge in [0.25, 0.3) is 0 Å². The lowest BCUT2D eigenvalue weighted by Crippen LogP contribution is -2.42. The molecule has 0 bridgehead atoms. The minimum atomic E-state index is -0.293. The zero-order chi connectivity index (χ0) is 9.69. The summed E-state index contributed by atoms with van der Waals surface area (Å²) in [5.41, 5.74) is 1.03. The molecule has 1 saturated carbocycles. The van der Waals surface area contributed by atoms with Crippen molar-refractivity contribution in [3.8, 4) is 0 Å². The molecular weight excluding hydrogens is 164 g/mol. The molecule has 1 aliphatic carbocycles. The van der Waals surface area contributed by atoms with Gasteiger partial charge in [0, 0.05) is 12.8 Å². The monoisotopic (exact) mass is 180 g/mol. The summed E-state index contributed by atoms with van der Waals surface area (Å²) in [5, 5.41) is 0. The number of Topliss-reactive ketones (excluding diaryl/α,β-unsaturated/α-hetero) is 1. The molecule has 2 heteroatoms. The van der Waals surface area contributed by atoms with Gasteiger partial charge >= 0.3 is 0 Å². The Hall–Kier alpha value is -0.630. The number of fused-ring (bicyclic) bond motifs is 1. The van der Waals surface area contributed by atoms with E-state index in [2.05, 4.69) is 19.9 Å². The fourth-order valence-electron chi connectivity index (χ4n) is 2.77. The summed E-state index contributed by atoms with van der Waals surface area (Å²) in [4.78, 5) is 11.5. The molecule has 72 valence electrons. The van der Waals surface area contributed by atoms with Crippen molar-refractivity contribution in [1.29, 1.82) is 0 Å². The van der Waals surface area contributed by atoms with E-state index >= 15 is 0 Å². The van der Waals surface area contributed by atoms with E-state index in [1.165, 1.54) is 5.57 Å². The average molecular weight is 180 g/mol. The predicted molar refractivity (Wildman–Crippen MR) is 50.5 cm³/mol. The first-order valence-corrected chi connectivity index (χ1v) is 4.81. The zero-order valence-electron chi connectivity index (χ0n) is 8.52. The fourth-order valence-corrected chi connectivity index (χ4v) is 2.77. The standard InChI is InChI=1S/C11H16O2/c1-10(2)6-8(12)7-11(3)9(10)4-5-13-11/h4H,5-7H2,1-3H3. The first-order chi connectivity index (χ1) is 5.94. The molecule has 0 aromatic heterocycles. The Bertz CT molecular complexity index is 288. The minimum absolute atomic E-state index is 0.000579. The van der Waals surface area contributed by atoms with E-state index in [4.69, 9.17) is 4.74 Å². The first kappa shape index (κ1) is 8.95. The van der Waals surface area contributed by atoms with Gasteiger partial charge < -0.3 is 4.74 Å². The fraction of sp³-hybridized carbons (Fsp3) is 0.727. The maximum atomic E-state index is 11.5. The Morgan fingerprint density at radius 2 is 2.00 bits per heavy atom. The summed E-state index contributed by atoms with van der Waals surface area (Å²) in [6.07, 6.45) is 3.37. The minimum Gasteiger partial charge on any atom is -0.366 e. The second-order valence-corrected chi connectivity index (χ2v) is 4.94. The van der Waals surface area contributed by atoms with Crippen LogP contribution in [-0.4, -0.2) is 18.0 Å². The maximum Gasteiger partial charge on any atom is 0.136 e. The highest BCUT2D eigenvalue weighted by Crippen LogP contribution is 2.48. The van der Waals surface area contributed by atoms with E-state index in [1.54, 1.807) is 0 Å². The lowest BCUT2D eigenvalue weighted by Gasteiger charge is -2.41. The van der Waals surface area contributed by atoms with Gasteiger partial charge in [-0.1, -0.05) is 19.9 Å². The molecule has 2 aliphatic rings. The Kier molecular flexibility index (Phi) is 1.68. The number of carbonyl (C=O) groups excluding carboxylic acids is 1. The third-order valence-electron chi connectivity index (χ3n) is 3.16. The lowest BCUT2D eigenvalue weighted by atomic mass is 9.66. The Morgan fingerprint density at radius 3 is 2.69 bits per heavy atom. The van der Waals surface area contributed by atoms with Crippen LogP contribution in [0.15, 0.2) is 11.6 Å². The number of rotatable bonds is 0. The van der Waals surface area contributed by atoms with Crippen molar-refractivity contribution in [2.45, 2.75) is 39.2 Å². The molecule has 0 saturated heterocycles. The summed E-state index contributed by atoms with van der Waals surface area (Å²) < 4.78 is 5.64. The van der Waals surface area contributed by atoms with Crippen LogP contribution in [0.4, 0.5) is 0 Å². The molecule has 1 aliphatic heterocycles. The lowest BCUT2D eigenvalue weighted by molar-refractivity contribution is -0.128. The number of hydrogen-bond acceptors (Lipinski definition) is 2. The van der Waals surface area contributed by atoms with Crippen molar-refractivity contribution in [2.75, 3.05) is 6.61 Å². The third kappa shape index (κ3) is 1.24. The molecule has 1 atom stereocenters. The van der Waals surface area contributed by atoms with E-state index in [0.717, 1.165) is 0 Å². The normalized spacial score (nSPS) is 37.2. The van der Waals surface area contributed by atoms with Crippen LogP contribution in [0, 0.1) is 5.41 Å². The van der Waals surface area contributed by atoms with Crippen LogP contribution in [0.3, 0.4) is 0 Å². The van der Waals surface area contributed by atoms with E-state index in [0.29, 0.717) is 25.2 Å². The van der Waals surface area contributed by atoms with Gasteiger partial charge in [-0.3, -0.25) is 4.79 Å². The molecule has 0 N–H and O–H groups in total. The largest absolute Gasteiger partial charge is 0.366 e. The predicted octanol–water partition coefficient (Wildman–Crippen LogP) is 2.09. The first-order valence-electron chi connectivity index (χ1n) is 4.81. The van der Waals surface area contributed by atoms with Gasteiger partial charge in [-0.05, 0) is 17.9 Å². The average Bonchev–Trinajstić information content (AvgIpc) is 2.27. The molecule has 2 nitrogen and oxygen atoms in total.